The van der Waals surface area contributed by atoms with E-state index in [2.05, 4.69) is 17.1 Å². The van der Waals surface area contributed by atoms with Gasteiger partial charge in [0, 0.05) is 19.1 Å². The summed E-state index contributed by atoms with van der Waals surface area (Å²) in [6.45, 7) is 4.79. The largest absolute Gasteiger partial charge is 0.354 e. The second-order valence-corrected chi connectivity index (χ2v) is 4.56. The molecule has 2 fully saturated rings. The summed E-state index contributed by atoms with van der Waals surface area (Å²) >= 11 is 0. The maximum absolute atomic E-state index is 11.2. The second-order valence-electron chi connectivity index (χ2n) is 4.56. The van der Waals surface area contributed by atoms with Crippen molar-refractivity contribution in [2.75, 3.05) is 19.6 Å². The monoisotopic (exact) mass is 196 g/mol. The average Bonchev–Trinajstić information content (AvgIpc) is 2.66. The standard InChI is InChI=1S/C11H20N2O/c1-2-9-3-4-10(7-9)13-6-5-12-11(14)8-13/h9-10H,2-8H2,1H3,(H,12,14). The quantitative estimate of drug-likeness (QED) is 0.714. The highest BCUT2D eigenvalue weighted by atomic mass is 16.2. The van der Waals surface area contributed by atoms with Crippen LogP contribution in [0.15, 0.2) is 0 Å². The molecule has 3 heteroatoms. The predicted molar refractivity (Wildman–Crippen MR) is 56.0 cm³/mol. The van der Waals surface area contributed by atoms with Gasteiger partial charge in [-0.15, -0.1) is 0 Å². The third-order valence-corrected chi connectivity index (χ3v) is 3.68. The van der Waals surface area contributed by atoms with Crippen molar-refractivity contribution >= 4 is 5.91 Å². The molecule has 0 aromatic heterocycles. The first-order chi connectivity index (χ1) is 6.79. The Hall–Kier alpha value is -0.570. The second kappa shape index (κ2) is 4.30. The lowest BCUT2D eigenvalue weighted by Crippen LogP contribution is -2.51. The minimum Gasteiger partial charge on any atom is -0.354 e. The molecule has 1 saturated carbocycles. The SMILES string of the molecule is CCC1CCC(N2CCNC(=O)C2)C1. The van der Waals surface area contributed by atoms with Crippen LogP contribution < -0.4 is 5.32 Å². The highest BCUT2D eigenvalue weighted by molar-refractivity contribution is 5.78. The third kappa shape index (κ3) is 2.08. The number of nitrogens with one attached hydrogen (secondary N) is 1. The maximum atomic E-state index is 11.2. The number of amides is 1. The van der Waals surface area contributed by atoms with Crippen LogP contribution in [-0.4, -0.2) is 36.5 Å². The van der Waals surface area contributed by atoms with E-state index in [1.807, 2.05) is 0 Å². The molecule has 0 radical (unpaired) electrons. The summed E-state index contributed by atoms with van der Waals surface area (Å²) in [5, 5.41) is 2.88. The molecular weight excluding hydrogens is 176 g/mol. The highest BCUT2D eigenvalue weighted by Gasteiger charge is 2.30. The molecule has 0 aromatic carbocycles. The van der Waals surface area contributed by atoms with E-state index in [9.17, 15) is 4.79 Å². The van der Waals surface area contributed by atoms with Crippen molar-refractivity contribution in [2.45, 2.75) is 38.6 Å². The Labute approximate surface area is 85.8 Å². The zero-order chi connectivity index (χ0) is 9.97. The van der Waals surface area contributed by atoms with Crippen molar-refractivity contribution in [1.82, 2.24) is 10.2 Å². The van der Waals surface area contributed by atoms with Crippen LogP contribution in [0.1, 0.15) is 32.6 Å². The summed E-state index contributed by atoms with van der Waals surface area (Å²) in [6.07, 6.45) is 5.27. The van der Waals surface area contributed by atoms with Crippen LogP contribution in [0.5, 0.6) is 0 Å². The zero-order valence-electron chi connectivity index (χ0n) is 8.96. The van der Waals surface area contributed by atoms with E-state index in [0.717, 1.165) is 19.0 Å². The molecule has 2 rings (SSSR count). The number of rotatable bonds is 2. The van der Waals surface area contributed by atoms with Gasteiger partial charge in [0.15, 0.2) is 0 Å². The van der Waals surface area contributed by atoms with Crippen LogP contribution in [0.3, 0.4) is 0 Å². The van der Waals surface area contributed by atoms with Crippen molar-refractivity contribution in [3.8, 4) is 0 Å². The summed E-state index contributed by atoms with van der Waals surface area (Å²) < 4.78 is 0. The number of hydrogen-bond donors (Lipinski definition) is 1. The predicted octanol–water partition coefficient (Wildman–Crippen LogP) is 0.997. The lowest BCUT2D eigenvalue weighted by atomic mass is 10.1. The zero-order valence-corrected chi connectivity index (χ0v) is 8.96. The molecule has 1 N–H and O–H groups in total. The van der Waals surface area contributed by atoms with E-state index in [1.165, 1.54) is 25.7 Å². The molecule has 3 nitrogen and oxygen atoms in total. The number of piperazine rings is 1. The van der Waals surface area contributed by atoms with Crippen LogP contribution in [0, 0.1) is 5.92 Å². The molecule has 1 aliphatic carbocycles. The van der Waals surface area contributed by atoms with E-state index in [1.54, 1.807) is 0 Å². The van der Waals surface area contributed by atoms with E-state index in [4.69, 9.17) is 0 Å². The van der Waals surface area contributed by atoms with Gasteiger partial charge in [-0.3, -0.25) is 9.69 Å². The van der Waals surface area contributed by atoms with Gasteiger partial charge in [-0.25, -0.2) is 0 Å². The van der Waals surface area contributed by atoms with Gasteiger partial charge in [0.2, 0.25) is 5.91 Å². The minimum absolute atomic E-state index is 0.205. The summed E-state index contributed by atoms with van der Waals surface area (Å²) in [5.41, 5.74) is 0. The molecule has 2 unspecified atom stereocenters. The van der Waals surface area contributed by atoms with Crippen LogP contribution in [0.2, 0.25) is 0 Å². The first-order valence-electron chi connectivity index (χ1n) is 5.80. The molecular formula is C11H20N2O. The number of hydrogen-bond acceptors (Lipinski definition) is 2. The van der Waals surface area contributed by atoms with Crippen LogP contribution in [0.25, 0.3) is 0 Å². The van der Waals surface area contributed by atoms with Gasteiger partial charge < -0.3 is 5.32 Å². The topological polar surface area (TPSA) is 32.3 Å². The third-order valence-electron chi connectivity index (χ3n) is 3.68. The van der Waals surface area contributed by atoms with Crippen molar-refractivity contribution in [3.63, 3.8) is 0 Å². The number of nitrogens with zero attached hydrogens (tertiary/aromatic N) is 1. The van der Waals surface area contributed by atoms with E-state index >= 15 is 0 Å². The van der Waals surface area contributed by atoms with Gasteiger partial charge in [-0.1, -0.05) is 13.3 Å². The van der Waals surface area contributed by atoms with Gasteiger partial charge in [0.1, 0.15) is 0 Å². The van der Waals surface area contributed by atoms with Crippen molar-refractivity contribution in [3.05, 3.63) is 0 Å². The van der Waals surface area contributed by atoms with Crippen molar-refractivity contribution < 1.29 is 4.79 Å². The van der Waals surface area contributed by atoms with Crippen LogP contribution >= 0.6 is 0 Å². The van der Waals surface area contributed by atoms with Gasteiger partial charge in [-0.05, 0) is 25.2 Å². The Morgan fingerprint density at radius 3 is 3.00 bits per heavy atom. The molecule has 80 valence electrons. The van der Waals surface area contributed by atoms with Gasteiger partial charge >= 0.3 is 0 Å². The van der Waals surface area contributed by atoms with Crippen LogP contribution in [-0.2, 0) is 4.79 Å². The molecule has 2 aliphatic rings. The molecule has 14 heavy (non-hydrogen) atoms. The lowest BCUT2D eigenvalue weighted by molar-refractivity contribution is -0.124. The molecule has 0 aromatic rings. The average molecular weight is 196 g/mol. The maximum Gasteiger partial charge on any atom is 0.234 e. The van der Waals surface area contributed by atoms with Crippen molar-refractivity contribution in [1.29, 1.82) is 0 Å². The molecule has 1 saturated heterocycles. The summed E-state index contributed by atoms with van der Waals surface area (Å²) in [6, 6.07) is 0.686. The number of carbonyl (C=O) groups excluding carboxylic acids is 1. The lowest BCUT2D eigenvalue weighted by Gasteiger charge is -2.31. The first kappa shape index (κ1) is 9.97. The minimum atomic E-state index is 0.205. The molecule has 0 spiro atoms. The Balaban J connectivity index is 1.86. The van der Waals surface area contributed by atoms with E-state index in [-0.39, 0.29) is 5.91 Å². The fraction of sp³-hybridized carbons (Fsp3) is 0.909. The fourth-order valence-corrected chi connectivity index (χ4v) is 2.72. The molecule has 1 amide bonds. The highest BCUT2D eigenvalue weighted by Crippen LogP contribution is 2.31. The van der Waals surface area contributed by atoms with E-state index < -0.39 is 0 Å². The van der Waals surface area contributed by atoms with E-state index in [0.29, 0.717) is 12.6 Å². The Bertz CT molecular complexity index is 217. The summed E-state index contributed by atoms with van der Waals surface area (Å²) in [5.74, 6) is 1.11. The smallest absolute Gasteiger partial charge is 0.234 e. The number of carbonyl (C=O) groups is 1. The molecule has 0 bridgehead atoms. The summed E-state index contributed by atoms with van der Waals surface area (Å²) in [7, 11) is 0. The van der Waals surface area contributed by atoms with Gasteiger partial charge in [-0.2, -0.15) is 0 Å². The summed E-state index contributed by atoms with van der Waals surface area (Å²) in [4.78, 5) is 13.6. The molecule has 2 atom stereocenters. The fourth-order valence-electron chi connectivity index (χ4n) is 2.72. The normalized spacial score (nSPS) is 34.5. The Morgan fingerprint density at radius 2 is 2.36 bits per heavy atom. The van der Waals surface area contributed by atoms with Crippen LogP contribution in [0.4, 0.5) is 0 Å². The first-order valence-corrected chi connectivity index (χ1v) is 5.80. The Morgan fingerprint density at radius 1 is 1.50 bits per heavy atom. The van der Waals surface area contributed by atoms with Gasteiger partial charge in [0.25, 0.3) is 0 Å². The molecule has 1 aliphatic heterocycles. The van der Waals surface area contributed by atoms with Gasteiger partial charge in [0.05, 0.1) is 6.54 Å². The van der Waals surface area contributed by atoms with Crippen molar-refractivity contribution in [2.24, 2.45) is 5.92 Å². The molecule has 1 heterocycles. The Kier molecular flexibility index (Phi) is 3.06.